The Morgan fingerprint density at radius 1 is 1.31 bits per heavy atom. The van der Waals surface area contributed by atoms with E-state index in [9.17, 15) is 4.57 Å². The van der Waals surface area contributed by atoms with E-state index in [-0.39, 0.29) is 5.48 Å². The molecule has 0 radical (unpaired) electrons. The number of hydrogen-bond donors (Lipinski definition) is 0. The molecule has 82 valence electrons. The van der Waals surface area contributed by atoms with Gasteiger partial charge in [-0.25, -0.2) is 0 Å². The van der Waals surface area contributed by atoms with Crippen molar-refractivity contribution >= 4 is 16.3 Å². The fourth-order valence-electron chi connectivity index (χ4n) is 0.817. The third-order valence-corrected chi connectivity index (χ3v) is 4.08. The molecule has 0 aromatic rings. The lowest BCUT2D eigenvalue weighted by Crippen LogP contribution is -2.19. The first-order valence-corrected chi connectivity index (χ1v) is 9.09. The van der Waals surface area contributed by atoms with Gasteiger partial charge in [-0.1, -0.05) is 25.7 Å². The molecule has 4 nitrogen and oxygen atoms in total. The smallest absolute Gasteiger partial charge is 0.318 e. The highest BCUT2D eigenvalue weighted by Gasteiger charge is 2.11. The minimum Gasteiger partial charge on any atom is -0.412 e. The van der Waals surface area contributed by atoms with Crippen LogP contribution in [0.1, 0.15) is 6.42 Å². The first-order valence-electron chi connectivity index (χ1n) is 4.16. The van der Waals surface area contributed by atoms with E-state index in [2.05, 4.69) is 24.2 Å². The average Bonchev–Trinajstić information content (AvgIpc) is 1.96. The summed E-state index contributed by atoms with van der Waals surface area (Å²) < 4.78 is 20.1. The van der Waals surface area contributed by atoms with Gasteiger partial charge < -0.3 is 14.5 Å². The van der Waals surface area contributed by atoms with Crippen molar-refractivity contribution in [3.63, 3.8) is 0 Å². The maximum atomic E-state index is 10.7. The third kappa shape index (κ3) is 12.3. The zero-order chi connectivity index (χ0) is 9.61. The second kappa shape index (κ2) is 7.70. The summed E-state index contributed by atoms with van der Waals surface area (Å²) in [5.74, 6) is 0. The van der Waals surface area contributed by atoms with Gasteiger partial charge in [0.25, 0.3) is 0 Å². The molecule has 0 saturated carbocycles. The van der Waals surface area contributed by atoms with Crippen molar-refractivity contribution in [2.45, 2.75) is 32.1 Å². The first-order chi connectivity index (χ1) is 5.45. The Balaban J connectivity index is 0. The van der Waals surface area contributed by atoms with Crippen LogP contribution in [0.3, 0.4) is 0 Å². The molecule has 0 rings (SSSR count). The van der Waals surface area contributed by atoms with Crippen LogP contribution in [0.5, 0.6) is 0 Å². The molecule has 0 aromatic heterocycles. The van der Waals surface area contributed by atoms with Gasteiger partial charge in [-0.05, 0) is 6.42 Å². The zero-order valence-electron chi connectivity index (χ0n) is 8.85. The van der Waals surface area contributed by atoms with Gasteiger partial charge in [0.15, 0.2) is 0 Å². The van der Waals surface area contributed by atoms with Gasteiger partial charge in [-0.15, -0.1) is 0 Å². The van der Waals surface area contributed by atoms with Gasteiger partial charge in [0.05, 0.1) is 6.61 Å². The van der Waals surface area contributed by atoms with Crippen LogP contribution in [0.4, 0.5) is 0 Å². The highest BCUT2D eigenvalue weighted by Crippen LogP contribution is 2.22. The summed E-state index contributed by atoms with van der Waals surface area (Å²) >= 11 is 0. The van der Waals surface area contributed by atoms with Crippen LogP contribution in [0.25, 0.3) is 0 Å². The second-order valence-corrected chi connectivity index (χ2v) is 10.8. The molecular formula is C7H21O4PSi. The number of rotatable bonds is 6. The summed E-state index contributed by atoms with van der Waals surface area (Å²) in [7, 11) is -1.73. The van der Waals surface area contributed by atoms with Gasteiger partial charge in [0, 0.05) is 15.2 Å². The van der Waals surface area contributed by atoms with Crippen LogP contribution in [0, 0.1) is 0 Å². The highest BCUT2D eigenvalue weighted by molar-refractivity contribution is 7.33. The van der Waals surface area contributed by atoms with Crippen LogP contribution < -0.4 is 0 Å². The molecule has 0 amide bonds. The third-order valence-electron chi connectivity index (χ3n) is 1.46. The highest BCUT2D eigenvalue weighted by atomic mass is 31.1. The molecule has 0 aliphatic heterocycles. The van der Waals surface area contributed by atoms with E-state index < -0.39 is 16.3 Å². The zero-order valence-corrected chi connectivity index (χ0v) is 10.8. The SMILES string of the molecule is CO[PH](=O)OCCC[Si](C)(C)C.O. The molecule has 0 bridgehead atoms. The van der Waals surface area contributed by atoms with E-state index in [1.165, 1.54) is 13.2 Å². The van der Waals surface area contributed by atoms with E-state index in [1.54, 1.807) is 0 Å². The summed E-state index contributed by atoms with van der Waals surface area (Å²) in [6, 6.07) is 1.21. The Hall–Kier alpha value is 0.327. The normalized spacial score (nSPS) is 13.5. The molecule has 0 fully saturated rings. The fourth-order valence-corrected chi connectivity index (χ4v) is 2.45. The molecule has 6 heteroatoms. The molecule has 0 saturated heterocycles. The molecule has 0 aromatic carbocycles. The van der Waals surface area contributed by atoms with Crippen molar-refractivity contribution in [1.29, 1.82) is 0 Å². The Kier molecular flexibility index (Phi) is 9.35. The fraction of sp³-hybridized carbons (Fsp3) is 1.00. The number of hydrogen-bond acceptors (Lipinski definition) is 3. The quantitative estimate of drug-likeness (QED) is 0.396. The Morgan fingerprint density at radius 2 is 1.85 bits per heavy atom. The Labute approximate surface area is 81.9 Å². The molecular weight excluding hydrogens is 207 g/mol. The van der Waals surface area contributed by atoms with Crippen molar-refractivity contribution in [3.8, 4) is 0 Å². The first kappa shape index (κ1) is 15.8. The Bertz CT molecular complexity index is 146. The van der Waals surface area contributed by atoms with Gasteiger partial charge in [-0.2, -0.15) is 0 Å². The maximum Gasteiger partial charge on any atom is 0.318 e. The predicted octanol–water partition coefficient (Wildman–Crippen LogP) is 1.94. The molecule has 0 aliphatic rings. The molecule has 1 atom stereocenters. The summed E-state index contributed by atoms with van der Waals surface area (Å²) in [5.41, 5.74) is 0. The van der Waals surface area contributed by atoms with Gasteiger partial charge in [0.2, 0.25) is 0 Å². The van der Waals surface area contributed by atoms with Crippen molar-refractivity contribution < 1.29 is 19.1 Å². The summed E-state index contributed by atoms with van der Waals surface area (Å²) in [6.45, 7) is 7.50. The monoisotopic (exact) mass is 228 g/mol. The van der Waals surface area contributed by atoms with Gasteiger partial charge >= 0.3 is 8.25 Å². The van der Waals surface area contributed by atoms with Crippen molar-refractivity contribution in [2.24, 2.45) is 0 Å². The molecule has 0 aliphatic carbocycles. The van der Waals surface area contributed by atoms with E-state index in [0.717, 1.165) is 6.42 Å². The van der Waals surface area contributed by atoms with E-state index in [1.807, 2.05) is 0 Å². The lowest BCUT2D eigenvalue weighted by atomic mass is 10.5. The van der Waals surface area contributed by atoms with E-state index in [4.69, 9.17) is 4.52 Å². The lowest BCUT2D eigenvalue weighted by Gasteiger charge is -2.14. The molecule has 0 heterocycles. The van der Waals surface area contributed by atoms with Gasteiger partial charge in [0.1, 0.15) is 0 Å². The van der Waals surface area contributed by atoms with Crippen LogP contribution in [-0.2, 0) is 13.6 Å². The van der Waals surface area contributed by atoms with Crippen LogP contribution >= 0.6 is 8.25 Å². The summed E-state index contributed by atoms with van der Waals surface area (Å²) in [5, 5.41) is 0. The van der Waals surface area contributed by atoms with E-state index in [0.29, 0.717) is 6.61 Å². The van der Waals surface area contributed by atoms with Crippen LogP contribution in [0.2, 0.25) is 25.7 Å². The minimum atomic E-state index is -2.18. The molecule has 0 spiro atoms. The molecule has 13 heavy (non-hydrogen) atoms. The predicted molar refractivity (Wildman–Crippen MR) is 58.3 cm³/mol. The topological polar surface area (TPSA) is 67.0 Å². The van der Waals surface area contributed by atoms with Crippen LogP contribution in [-0.4, -0.2) is 27.3 Å². The van der Waals surface area contributed by atoms with E-state index >= 15 is 0 Å². The maximum absolute atomic E-state index is 10.7. The largest absolute Gasteiger partial charge is 0.412 e. The summed E-state index contributed by atoms with van der Waals surface area (Å²) in [4.78, 5) is 0. The minimum absolute atomic E-state index is 0. The lowest BCUT2D eigenvalue weighted by molar-refractivity contribution is 0.256. The van der Waals surface area contributed by atoms with Crippen molar-refractivity contribution in [1.82, 2.24) is 0 Å². The van der Waals surface area contributed by atoms with Crippen molar-refractivity contribution in [3.05, 3.63) is 0 Å². The standard InChI is InChI=1S/C7H19O3PSi.H2O/c1-9-11(8)10-6-5-7-12(2,3)4;/h11H,5-7H2,1-4H3;1H2. The van der Waals surface area contributed by atoms with Crippen molar-refractivity contribution in [2.75, 3.05) is 13.7 Å². The average molecular weight is 228 g/mol. The Morgan fingerprint density at radius 3 is 2.23 bits per heavy atom. The van der Waals surface area contributed by atoms with Gasteiger partial charge in [-0.3, -0.25) is 4.57 Å². The summed E-state index contributed by atoms with van der Waals surface area (Å²) in [6.07, 6.45) is 0.996. The second-order valence-electron chi connectivity index (χ2n) is 3.97. The molecule has 2 N–H and O–H groups in total. The van der Waals surface area contributed by atoms with Crippen LogP contribution in [0.15, 0.2) is 0 Å². The molecule has 1 unspecified atom stereocenters.